The number of ether oxygens (including phenoxy) is 1. The molecule has 0 heterocycles. The minimum atomic E-state index is 0.216. The summed E-state index contributed by atoms with van der Waals surface area (Å²) in [5.74, 6) is 0. The summed E-state index contributed by atoms with van der Waals surface area (Å²) in [4.78, 5) is 2.61. The van der Waals surface area contributed by atoms with Crippen LogP contribution < -0.4 is 5.32 Å². The van der Waals surface area contributed by atoms with E-state index in [0.717, 1.165) is 32.8 Å². The summed E-state index contributed by atoms with van der Waals surface area (Å²) in [6.45, 7) is 18.4. The highest BCUT2D eigenvalue weighted by atomic mass is 16.5. The Morgan fingerprint density at radius 1 is 1.00 bits per heavy atom. The lowest BCUT2D eigenvalue weighted by molar-refractivity contribution is 0.00643. The molecule has 0 saturated heterocycles. The predicted molar refractivity (Wildman–Crippen MR) is 84.8 cm³/mol. The molecule has 1 unspecified atom stereocenters. The predicted octanol–water partition coefficient (Wildman–Crippen LogP) is 3.29. The van der Waals surface area contributed by atoms with Gasteiger partial charge in [0, 0.05) is 18.2 Å². The minimum absolute atomic E-state index is 0.216. The fourth-order valence-electron chi connectivity index (χ4n) is 3.22. The van der Waals surface area contributed by atoms with Crippen molar-refractivity contribution >= 4 is 0 Å². The van der Waals surface area contributed by atoms with Crippen LogP contribution in [0.5, 0.6) is 0 Å². The van der Waals surface area contributed by atoms with Crippen molar-refractivity contribution in [2.75, 3.05) is 32.8 Å². The van der Waals surface area contributed by atoms with Crippen molar-refractivity contribution in [1.29, 1.82) is 0 Å². The number of nitrogens with one attached hydrogen (secondary N) is 1. The molecule has 0 spiro atoms. The van der Waals surface area contributed by atoms with Crippen LogP contribution in [0.1, 0.15) is 60.8 Å². The minimum Gasteiger partial charge on any atom is -0.380 e. The Bertz CT molecular complexity index is 193. The monoisotopic (exact) mass is 272 g/mol. The first-order valence-electron chi connectivity index (χ1n) is 8.22. The maximum atomic E-state index is 5.75. The van der Waals surface area contributed by atoms with Crippen LogP contribution in [0, 0.1) is 0 Å². The average molecular weight is 272 g/mol. The largest absolute Gasteiger partial charge is 0.380 e. The van der Waals surface area contributed by atoms with Crippen LogP contribution in [-0.4, -0.2) is 49.3 Å². The molecule has 0 aliphatic heterocycles. The third-order valence-electron chi connectivity index (χ3n) is 4.40. The maximum absolute atomic E-state index is 5.75. The third-order valence-corrected chi connectivity index (χ3v) is 4.40. The van der Waals surface area contributed by atoms with E-state index in [1.807, 2.05) is 0 Å². The molecule has 19 heavy (non-hydrogen) atoms. The first-order valence-corrected chi connectivity index (χ1v) is 8.22. The zero-order valence-electron chi connectivity index (χ0n) is 14.1. The standard InChI is InChI=1S/C16H36N2O/c1-7-13-17-15(14-19-12-6)16(8-2,9-3)18(10-4)11-5/h15,17H,7-14H2,1-6H3. The van der Waals surface area contributed by atoms with Gasteiger partial charge in [-0.3, -0.25) is 4.90 Å². The van der Waals surface area contributed by atoms with E-state index in [1.165, 1.54) is 19.3 Å². The molecule has 3 heteroatoms. The van der Waals surface area contributed by atoms with Gasteiger partial charge in [-0.15, -0.1) is 0 Å². The number of nitrogens with zero attached hydrogens (tertiary/aromatic N) is 1. The smallest absolute Gasteiger partial charge is 0.0637 e. The van der Waals surface area contributed by atoms with Gasteiger partial charge in [-0.05, 0) is 45.8 Å². The fraction of sp³-hybridized carbons (Fsp3) is 1.00. The lowest BCUT2D eigenvalue weighted by Gasteiger charge is -2.48. The summed E-state index contributed by atoms with van der Waals surface area (Å²) in [7, 11) is 0. The van der Waals surface area contributed by atoms with Crippen LogP contribution in [0.4, 0.5) is 0 Å². The molecule has 0 aliphatic rings. The second-order valence-corrected chi connectivity index (χ2v) is 5.15. The van der Waals surface area contributed by atoms with Gasteiger partial charge in [-0.1, -0.05) is 34.6 Å². The van der Waals surface area contributed by atoms with Crippen LogP contribution in [0.15, 0.2) is 0 Å². The van der Waals surface area contributed by atoms with Gasteiger partial charge >= 0.3 is 0 Å². The Labute approximate surface area is 121 Å². The molecule has 0 amide bonds. The number of hydrogen-bond acceptors (Lipinski definition) is 3. The first-order chi connectivity index (χ1) is 9.16. The molecule has 0 saturated carbocycles. The number of rotatable bonds is 12. The lowest BCUT2D eigenvalue weighted by atomic mass is 9.82. The molecule has 3 nitrogen and oxygen atoms in total. The Kier molecular flexibility index (Phi) is 10.6. The third kappa shape index (κ3) is 5.05. The molecular weight excluding hydrogens is 236 g/mol. The van der Waals surface area contributed by atoms with Gasteiger partial charge in [0.1, 0.15) is 0 Å². The highest BCUT2D eigenvalue weighted by molar-refractivity contribution is 4.98. The van der Waals surface area contributed by atoms with Gasteiger partial charge in [-0.2, -0.15) is 0 Å². The Hall–Kier alpha value is -0.120. The number of hydrogen-bond donors (Lipinski definition) is 1. The van der Waals surface area contributed by atoms with E-state index in [2.05, 4.69) is 51.8 Å². The Morgan fingerprint density at radius 2 is 1.58 bits per heavy atom. The van der Waals surface area contributed by atoms with Crippen molar-refractivity contribution in [2.24, 2.45) is 0 Å². The zero-order chi connectivity index (χ0) is 14.7. The Morgan fingerprint density at radius 3 is 1.95 bits per heavy atom. The molecule has 0 aromatic heterocycles. The molecule has 0 rings (SSSR count). The molecule has 0 aliphatic carbocycles. The van der Waals surface area contributed by atoms with Gasteiger partial charge in [0.15, 0.2) is 0 Å². The summed E-state index contributed by atoms with van der Waals surface area (Å²) < 4.78 is 5.75. The number of likely N-dealkylation sites (N-methyl/N-ethyl adjacent to an activating group) is 1. The molecule has 0 fully saturated rings. The van der Waals surface area contributed by atoms with Crippen molar-refractivity contribution in [3.8, 4) is 0 Å². The van der Waals surface area contributed by atoms with Gasteiger partial charge < -0.3 is 10.1 Å². The van der Waals surface area contributed by atoms with Gasteiger partial charge in [0.2, 0.25) is 0 Å². The van der Waals surface area contributed by atoms with Crippen LogP contribution in [0.3, 0.4) is 0 Å². The van der Waals surface area contributed by atoms with Crippen molar-refractivity contribution < 1.29 is 4.74 Å². The van der Waals surface area contributed by atoms with Crippen LogP contribution >= 0.6 is 0 Å². The Balaban J connectivity index is 5.08. The second-order valence-electron chi connectivity index (χ2n) is 5.15. The molecule has 116 valence electrons. The topological polar surface area (TPSA) is 24.5 Å². The lowest BCUT2D eigenvalue weighted by Crippen LogP contribution is -2.62. The molecule has 0 bridgehead atoms. The molecule has 1 N–H and O–H groups in total. The van der Waals surface area contributed by atoms with E-state index in [1.54, 1.807) is 0 Å². The average Bonchev–Trinajstić information content (AvgIpc) is 2.45. The van der Waals surface area contributed by atoms with Crippen LogP contribution in [0.2, 0.25) is 0 Å². The molecular formula is C16H36N2O. The zero-order valence-corrected chi connectivity index (χ0v) is 14.1. The van der Waals surface area contributed by atoms with Gasteiger partial charge in [0.25, 0.3) is 0 Å². The van der Waals surface area contributed by atoms with Crippen molar-refractivity contribution in [3.05, 3.63) is 0 Å². The van der Waals surface area contributed by atoms with E-state index in [9.17, 15) is 0 Å². The maximum Gasteiger partial charge on any atom is 0.0637 e. The molecule has 0 radical (unpaired) electrons. The normalized spacial score (nSPS) is 14.1. The van der Waals surface area contributed by atoms with Crippen molar-refractivity contribution in [1.82, 2.24) is 10.2 Å². The second kappa shape index (κ2) is 10.6. The summed E-state index contributed by atoms with van der Waals surface area (Å²) in [5.41, 5.74) is 0.216. The van der Waals surface area contributed by atoms with E-state index in [-0.39, 0.29) is 5.54 Å². The first kappa shape index (κ1) is 18.9. The van der Waals surface area contributed by atoms with Crippen molar-refractivity contribution in [2.45, 2.75) is 72.4 Å². The van der Waals surface area contributed by atoms with Crippen molar-refractivity contribution in [3.63, 3.8) is 0 Å². The van der Waals surface area contributed by atoms with E-state index in [0.29, 0.717) is 6.04 Å². The van der Waals surface area contributed by atoms with Gasteiger partial charge in [-0.25, -0.2) is 0 Å². The highest BCUT2D eigenvalue weighted by Crippen LogP contribution is 2.28. The molecule has 0 aromatic carbocycles. The SMILES string of the molecule is CCCNC(COCC)C(CC)(CC)N(CC)CC. The summed E-state index contributed by atoms with van der Waals surface area (Å²) in [5, 5.41) is 3.73. The van der Waals surface area contributed by atoms with E-state index in [4.69, 9.17) is 4.74 Å². The molecule has 1 atom stereocenters. The summed E-state index contributed by atoms with van der Waals surface area (Å²) in [6, 6.07) is 0.419. The van der Waals surface area contributed by atoms with E-state index >= 15 is 0 Å². The van der Waals surface area contributed by atoms with E-state index < -0.39 is 0 Å². The van der Waals surface area contributed by atoms with Crippen LogP contribution in [-0.2, 0) is 4.74 Å². The fourth-order valence-corrected chi connectivity index (χ4v) is 3.22. The quantitative estimate of drug-likeness (QED) is 0.590. The highest BCUT2D eigenvalue weighted by Gasteiger charge is 2.39. The molecule has 0 aromatic rings. The summed E-state index contributed by atoms with van der Waals surface area (Å²) >= 11 is 0. The van der Waals surface area contributed by atoms with Gasteiger partial charge in [0.05, 0.1) is 6.61 Å². The summed E-state index contributed by atoms with van der Waals surface area (Å²) in [6.07, 6.45) is 3.50. The van der Waals surface area contributed by atoms with Crippen LogP contribution in [0.25, 0.3) is 0 Å².